The average Bonchev–Trinajstić information content (AvgIpc) is 3.93. The Morgan fingerprint density at radius 2 is 1.53 bits per heavy atom. The van der Waals surface area contributed by atoms with Crippen LogP contribution in [0.4, 0.5) is 4.79 Å². The zero-order chi connectivity index (χ0) is 34.7. The maximum absolute atomic E-state index is 13.5. The van der Waals surface area contributed by atoms with E-state index in [9.17, 15) is 14.4 Å². The zero-order valence-corrected chi connectivity index (χ0v) is 28.8. The third kappa shape index (κ3) is 7.35. The molecule has 1 aromatic carbocycles. The van der Waals surface area contributed by atoms with E-state index in [-0.39, 0.29) is 29.8 Å². The van der Waals surface area contributed by atoms with E-state index in [1.54, 1.807) is 23.5 Å². The van der Waals surface area contributed by atoms with Gasteiger partial charge in [-0.25, -0.2) is 24.7 Å². The Kier molecular flexibility index (Phi) is 10.1. The summed E-state index contributed by atoms with van der Waals surface area (Å²) in [6, 6.07) is 7.07. The normalized spacial score (nSPS) is 18.3. The molecule has 6 rings (SSSR count). The lowest BCUT2D eigenvalue weighted by Gasteiger charge is -2.29. The van der Waals surface area contributed by atoms with Crippen molar-refractivity contribution in [2.75, 3.05) is 20.2 Å². The minimum atomic E-state index is -0.691. The largest absolute Gasteiger partial charge is 0.453 e. The smallest absolute Gasteiger partial charge is 0.407 e. The molecular weight excluding hydrogens is 622 g/mol. The predicted molar refractivity (Wildman–Crippen MR) is 184 cm³/mol. The van der Waals surface area contributed by atoms with E-state index >= 15 is 0 Å². The first-order chi connectivity index (χ1) is 23.6. The number of likely N-dealkylation sites (tertiary alicyclic amines) is 2. The molecule has 2 fully saturated rings. The molecule has 0 aliphatic carbocycles. The highest BCUT2D eigenvalue weighted by molar-refractivity contribution is 5.86. The van der Waals surface area contributed by atoms with Crippen molar-refractivity contribution in [2.24, 2.45) is 11.8 Å². The van der Waals surface area contributed by atoms with Gasteiger partial charge in [0.15, 0.2) is 5.82 Å². The third-order valence-electron chi connectivity index (χ3n) is 9.31. The van der Waals surface area contributed by atoms with Crippen LogP contribution in [0.25, 0.3) is 33.9 Å². The lowest BCUT2D eigenvalue weighted by molar-refractivity contribution is -0.135. The van der Waals surface area contributed by atoms with Crippen molar-refractivity contribution < 1.29 is 19.1 Å². The van der Waals surface area contributed by atoms with Crippen molar-refractivity contribution in [3.63, 3.8) is 0 Å². The average molecular weight is 668 g/mol. The highest BCUT2D eigenvalue weighted by atomic mass is 16.5. The second-order valence-corrected chi connectivity index (χ2v) is 13.6. The molecule has 3 amide bonds. The van der Waals surface area contributed by atoms with E-state index < -0.39 is 12.1 Å². The first-order valence-corrected chi connectivity index (χ1v) is 17.1. The fraction of sp³-hybridized carbons (Fsp3) is 0.472. The van der Waals surface area contributed by atoms with Crippen LogP contribution in [-0.4, -0.2) is 83.9 Å². The topological polar surface area (TPSA) is 162 Å². The molecule has 49 heavy (non-hydrogen) atoms. The van der Waals surface area contributed by atoms with Gasteiger partial charge in [-0.15, -0.1) is 0 Å². The van der Waals surface area contributed by atoms with Gasteiger partial charge in [0.2, 0.25) is 11.8 Å². The summed E-state index contributed by atoms with van der Waals surface area (Å²) in [4.78, 5) is 67.3. The molecule has 3 aromatic heterocycles. The highest BCUT2D eigenvalue weighted by Crippen LogP contribution is 2.34. The first kappa shape index (κ1) is 33.8. The SMILES string of the molecule is COC(=O)N[C@H](C(=O)N1CCC[C@H]1c1nc(-c2cnc(-c3ccc(-c4cnc([C@@H]5CCCN5C(=O)CC(C)C)[nH]4)cc3)nc2)c[nH]1)C(C)C. The molecule has 4 aromatic rings. The first-order valence-electron chi connectivity index (χ1n) is 17.1. The molecule has 3 atom stereocenters. The number of ether oxygens (including phenoxy) is 1. The van der Waals surface area contributed by atoms with Crippen LogP contribution in [0, 0.1) is 11.8 Å². The van der Waals surface area contributed by atoms with Crippen LogP contribution < -0.4 is 5.32 Å². The molecule has 2 aliphatic rings. The van der Waals surface area contributed by atoms with E-state index in [0.29, 0.717) is 36.2 Å². The van der Waals surface area contributed by atoms with Crippen molar-refractivity contribution >= 4 is 17.9 Å². The van der Waals surface area contributed by atoms with Gasteiger partial charge < -0.3 is 29.8 Å². The van der Waals surface area contributed by atoms with Crippen LogP contribution in [0.1, 0.15) is 83.5 Å². The molecule has 13 nitrogen and oxygen atoms in total. The highest BCUT2D eigenvalue weighted by Gasteiger charge is 2.37. The van der Waals surface area contributed by atoms with Crippen LogP contribution in [0.15, 0.2) is 49.1 Å². The lowest BCUT2D eigenvalue weighted by Crippen LogP contribution is -2.51. The summed E-state index contributed by atoms with van der Waals surface area (Å²) < 4.78 is 4.74. The fourth-order valence-electron chi connectivity index (χ4n) is 6.72. The number of carbonyl (C=O) groups excluding carboxylic acids is 3. The summed E-state index contributed by atoms with van der Waals surface area (Å²) in [5.41, 5.74) is 4.20. The molecule has 0 spiro atoms. The molecule has 258 valence electrons. The molecule has 13 heteroatoms. The second-order valence-electron chi connectivity index (χ2n) is 13.6. The van der Waals surface area contributed by atoms with E-state index in [1.807, 2.05) is 49.2 Å². The minimum absolute atomic E-state index is 0.0102. The Balaban J connectivity index is 1.11. The number of carbonyl (C=O) groups is 3. The molecule has 5 heterocycles. The number of alkyl carbamates (subject to hydrolysis) is 1. The van der Waals surface area contributed by atoms with Gasteiger partial charge in [0, 0.05) is 49.2 Å². The molecule has 0 saturated carbocycles. The number of nitrogens with zero attached hydrogens (tertiary/aromatic N) is 6. The van der Waals surface area contributed by atoms with Gasteiger partial charge in [0.1, 0.15) is 17.7 Å². The summed E-state index contributed by atoms with van der Waals surface area (Å²) in [7, 11) is 1.29. The predicted octanol–water partition coefficient (Wildman–Crippen LogP) is 5.68. The zero-order valence-electron chi connectivity index (χ0n) is 28.8. The van der Waals surface area contributed by atoms with Crippen LogP contribution >= 0.6 is 0 Å². The fourth-order valence-corrected chi connectivity index (χ4v) is 6.72. The number of amides is 3. The number of nitrogens with one attached hydrogen (secondary N) is 3. The van der Waals surface area contributed by atoms with Gasteiger partial charge in [0.25, 0.3) is 0 Å². The number of hydrogen-bond acceptors (Lipinski definition) is 8. The number of benzene rings is 1. The summed E-state index contributed by atoms with van der Waals surface area (Å²) in [5, 5.41) is 2.68. The van der Waals surface area contributed by atoms with Crippen molar-refractivity contribution in [3.8, 4) is 33.9 Å². The number of rotatable bonds is 10. The number of hydrogen-bond donors (Lipinski definition) is 3. The molecule has 0 bridgehead atoms. The van der Waals surface area contributed by atoms with Crippen LogP contribution in [0.3, 0.4) is 0 Å². The van der Waals surface area contributed by atoms with Crippen molar-refractivity contribution in [1.29, 1.82) is 0 Å². The van der Waals surface area contributed by atoms with Crippen LogP contribution in [0.5, 0.6) is 0 Å². The Labute approximate surface area is 286 Å². The van der Waals surface area contributed by atoms with E-state index in [2.05, 4.69) is 44.1 Å². The molecule has 2 saturated heterocycles. The van der Waals surface area contributed by atoms with Crippen molar-refractivity contribution in [2.45, 2.75) is 77.9 Å². The third-order valence-corrected chi connectivity index (χ3v) is 9.31. The van der Waals surface area contributed by atoms with Gasteiger partial charge in [-0.1, -0.05) is 52.0 Å². The van der Waals surface area contributed by atoms with E-state index in [0.717, 1.165) is 60.4 Å². The monoisotopic (exact) mass is 667 g/mol. The summed E-state index contributed by atoms with van der Waals surface area (Å²) in [6.45, 7) is 9.29. The maximum Gasteiger partial charge on any atom is 0.407 e. The van der Waals surface area contributed by atoms with Gasteiger partial charge in [0.05, 0.1) is 36.8 Å². The Bertz CT molecular complexity index is 1760. The summed E-state index contributed by atoms with van der Waals surface area (Å²) >= 11 is 0. The number of aromatic amines is 2. The van der Waals surface area contributed by atoms with Crippen molar-refractivity contribution in [3.05, 3.63) is 60.7 Å². The Hall–Kier alpha value is -5.07. The number of methoxy groups -OCH3 is 1. The number of aromatic nitrogens is 6. The quantitative estimate of drug-likeness (QED) is 0.195. The minimum Gasteiger partial charge on any atom is -0.453 e. The van der Waals surface area contributed by atoms with Gasteiger partial charge >= 0.3 is 6.09 Å². The standard InChI is InChI=1S/C36H45N9O4/c1-21(2)16-30(46)44-14-6-8-28(44)33-39-19-26(41-33)23-10-12-24(13-11-23)32-37-17-25(18-38-32)27-20-40-34(42-27)29-9-7-15-45(29)35(47)31(22(3)4)43-36(48)49-5/h10-13,17-22,28-29,31H,6-9,14-16H2,1-5H3,(H,39,41)(H,40,42)(H,43,48)/t28-,29-,31-/m0/s1. The van der Waals surface area contributed by atoms with E-state index in [4.69, 9.17) is 9.72 Å². The molecule has 2 aliphatic heterocycles. The van der Waals surface area contributed by atoms with Crippen LogP contribution in [0.2, 0.25) is 0 Å². The van der Waals surface area contributed by atoms with Gasteiger partial charge in [-0.2, -0.15) is 0 Å². The summed E-state index contributed by atoms with van der Waals surface area (Å²) in [6.07, 6.45) is 10.6. The van der Waals surface area contributed by atoms with Crippen molar-refractivity contribution in [1.82, 2.24) is 45.0 Å². The van der Waals surface area contributed by atoms with E-state index in [1.165, 1.54) is 7.11 Å². The second kappa shape index (κ2) is 14.6. The molecular formula is C36H45N9O4. The summed E-state index contributed by atoms with van der Waals surface area (Å²) in [5.74, 6) is 2.37. The van der Waals surface area contributed by atoms with Gasteiger partial charge in [-0.05, 0) is 43.1 Å². The lowest BCUT2D eigenvalue weighted by atomic mass is 10.0. The Morgan fingerprint density at radius 1 is 0.878 bits per heavy atom. The number of imidazole rings is 2. The maximum atomic E-state index is 13.5. The molecule has 3 N–H and O–H groups in total. The van der Waals surface area contributed by atoms with Gasteiger partial charge in [-0.3, -0.25) is 9.59 Å². The number of H-pyrrole nitrogens is 2. The molecule has 0 radical (unpaired) electrons. The molecule has 0 unspecified atom stereocenters. The Morgan fingerprint density at radius 3 is 2.18 bits per heavy atom. The van der Waals surface area contributed by atoms with Crippen LogP contribution in [-0.2, 0) is 14.3 Å².